The van der Waals surface area contributed by atoms with Crippen LogP contribution in [0.3, 0.4) is 0 Å². The number of anilines is 1. The zero-order valence-electron chi connectivity index (χ0n) is 18.1. The summed E-state index contributed by atoms with van der Waals surface area (Å²) < 4.78 is 1.57. The van der Waals surface area contributed by atoms with Gasteiger partial charge < -0.3 is 5.32 Å². The molecule has 1 amide bonds. The van der Waals surface area contributed by atoms with Gasteiger partial charge >= 0.3 is 0 Å². The molecule has 0 bridgehead atoms. The molecule has 1 heterocycles. The number of fused-ring (bicyclic) bond motifs is 1. The molecule has 0 unspecified atom stereocenters. The Morgan fingerprint density at radius 2 is 1.65 bits per heavy atom. The largest absolute Gasteiger partial charge is 0.322 e. The van der Waals surface area contributed by atoms with Crippen molar-refractivity contribution in [1.29, 1.82) is 0 Å². The van der Waals surface area contributed by atoms with Gasteiger partial charge in [-0.05, 0) is 60.4 Å². The Bertz CT molecular complexity index is 1330. The Morgan fingerprint density at radius 3 is 2.35 bits per heavy atom. The van der Waals surface area contributed by atoms with E-state index in [2.05, 4.69) is 31.1 Å². The zero-order chi connectivity index (χ0) is 22.2. The molecule has 0 saturated carbocycles. The lowest BCUT2D eigenvalue weighted by Crippen LogP contribution is -2.22. The summed E-state index contributed by atoms with van der Waals surface area (Å²) >= 11 is 0. The first-order valence-corrected chi connectivity index (χ1v) is 10.2. The van der Waals surface area contributed by atoms with Crippen molar-refractivity contribution >= 4 is 22.5 Å². The molecule has 4 aromatic rings. The average Bonchev–Trinajstić information content (AvgIpc) is 2.73. The van der Waals surface area contributed by atoms with E-state index in [1.165, 1.54) is 5.56 Å². The second kappa shape index (κ2) is 7.84. The number of amides is 1. The van der Waals surface area contributed by atoms with Crippen molar-refractivity contribution in [2.75, 3.05) is 5.32 Å². The van der Waals surface area contributed by atoms with Crippen LogP contribution in [-0.2, 0) is 5.41 Å². The van der Waals surface area contributed by atoms with E-state index in [1.54, 1.807) is 29.7 Å². The minimum absolute atomic E-state index is 0.0301. The van der Waals surface area contributed by atoms with Crippen LogP contribution in [0, 0.1) is 6.92 Å². The van der Waals surface area contributed by atoms with Crippen molar-refractivity contribution in [2.45, 2.75) is 33.1 Å². The first-order chi connectivity index (χ1) is 14.7. The molecule has 0 spiro atoms. The summed E-state index contributed by atoms with van der Waals surface area (Å²) in [5, 5.41) is 3.48. The van der Waals surface area contributed by atoms with Crippen LogP contribution in [0.1, 0.15) is 42.5 Å². The van der Waals surface area contributed by atoms with Crippen LogP contribution in [0.15, 0.2) is 77.6 Å². The average molecular weight is 412 g/mol. The fraction of sp³-hybridized carbons (Fsp3) is 0.192. The minimum atomic E-state index is -0.196. The van der Waals surface area contributed by atoms with Crippen LogP contribution in [0.25, 0.3) is 16.6 Å². The Morgan fingerprint density at radius 1 is 0.935 bits per heavy atom. The van der Waals surface area contributed by atoms with Gasteiger partial charge in [0.25, 0.3) is 11.5 Å². The molecule has 1 aromatic heterocycles. The number of para-hydroxylation sites is 1. The number of benzene rings is 3. The van der Waals surface area contributed by atoms with Crippen LogP contribution in [0.2, 0.25) is 0 Å². The normalized spacial score (nSPS) is 11.5. The number of nitrogens with one attached hydrogen (secondary N) is 1. The van der Waals surface area contributed by atoms with E-state index in [0.717, 1.165) is 0 Å². The summed E-state index contributed by atoms with van der Waals surface area (Å²) in [6, 6.07) is 22.2. The van der Waals surface area contributed by atoms with E-state index in [1.807, 2.05) is 54.6 Å². The van der Waals surface area contributed by atoms with Gasteiger partial charge in [-0.1, -0.05) is 51.1 Å². The van der Waals surface area contributed by atoms with E-state index in [9.17, 15) is 9.59 Å². The van der Waals surface area contributed by atoms with Crippen LogP contribution >= 0.6 is 0 Å². The molecule has 0 aliphatic rings. The number of aromatic nitrogens is 2. The Kier molecular flexibility index (Phi) is 5.19. The third-order valence-electron chi connectivity index (χ3n) is 5.32. The van der Waals surface area contributed by atoms with E-state index in [4.69, 9.17) is 0 Å². The highest BCUT2D eigenvalue weighted by atomic mass is 16.1. The topological polar surface area (TPSA) is 64.0 Å². The van der Waals surface area contributed by atoms with Crippen LogP contribution < -0.4 is 10.9 Å². The predicted octanol–water partition coefficient (Wildman–Crippen LogP) is 5.24. The molecule has 0 saturated heterocycles. The van der Waals surface area contributed by atoms with Gasteiger partial charge in [-0.2, -0.15) is 0 Å². The number of hydrogen-bond acceptors (Lipinski definition) is 3. The second-order valence-electron chi connectivity index (χ2n) is 8.65. The smallest absolute Gasteiger partial charge is 0.265 e. The van der Waals surface area contributed by atoms with Crippen LogP contribution in [0.4, 0.5) is 5.69 Å². The van der Waals surface area contributed by atoms with Crippen LogP contribution in [0.5, 0.6) is 0 Å². The highest BCUT2D eigenvalue weighted by Crippen LogP contribution is 2.23. The molecule has 31 heavy (non-hydrogen) atoms. The zero-order valence-corrected chi connectivity index (χ0v) is 18.1. The van der Waals surface area contributed by atoms with E-state index in [0.29, 0.717) is 33.7 Å². The quantitative estimate of drug-likeness (QED) is 0.501. The number of aryl methyl sites for hydroxylation is 1. The van der Waals surface area contributed by atoms with Gasteiger partial charge in [0.2, 0.25) is 0 Å². The Hall–Kier alpha value is -3.73. The molecule has 1 N–H and O–H groups in total. The molecule has 5 heteroatoms. The molecule has 5 nitrogen and oxygen atoms in total. The number of hydrogen-bond donors (Lipinski definition) is 1. The summed E-state index contributed by atoms with van der Waals surface area (Å²) in [6.45, 7) is 8.22. The monoisotopic (exact) mass is 411 g/mol. The first-order valence-electron chi connectivity index (χ1n) is 10.2. The maximum atomic E-state index is 13.1. The molecule has 0 atom stereocenters. The maximum Gasteiger partial charge on any atom is 0.265 e. The molecule has 0 radical (unpaired) electrons. The SMILES string of the molecule is Cc1nc2ccccc2c(=O)n1-c1cccc(NC(=O)c2ccc(C(C)(C)C)cc2)c1. The Labute approximate surface area is 181 Å². The van der Waals surface area contributed by atoms with Crippen LogP contribution in [-0.4, -0.2) is 15.5 Å². The van der Waals surface area contributed by atoms with Gasteiger partial charge in [0.15, 0.2) is 0 Å². The van der Waals surface area contributed by atoms with Crippen molar-refractivity contribution in [3.05, 3.63) is 100 Å². The molecule has 4 rings (SSSR count). The van der Waals surface area contributed by atoms with E-state index >= 15 is 0 Å². The van der Waals surface area contributed by atoms with Gasteiger partial charge in [-0.25, -0.2) is 4.98 Å². The second-order valence-corrected chi connectivity index (χ2v) is 8.65. The van der Waals surface area contributed by atoms with Crippen molar-refractivity contribution in [2.24, 2.45) is 0 Å². The first kappa shape index (κ1) is 20.5. The molecule has 156 valence electrons. The van der Waals surface area contributed by atoms with E-state index in [-0.39, 0.29) is 16.9 Å². The summed E-state index contributed by atoms with van der Waals surface area (Å²) in [5.74, 6) is 0.392. The molecule has 0 fully saturated rings. The minimum Gasteiger partial charge on any atom is -0.322 e. The third kappa shape index (κ3) is 4.12. The summed E-state index contributed by atoms with van der Waals surface area (Å²) in [4.78, 5) is 30.3. The number of carbonyl (C=O) groups excluding carboxylic acids is 1. The van der Waals surface area contributed by atoms with Crippen molar-refractivity contribution in [3.8, 4) is 5.69 Å². The standard InChI is InChI=1S/C26H25N3O2/c1-17-27-23-11-6-5-10-22(23)25(31)29(17)21-9-7-8-20(16-21)28-24(30)18-12-14-19(15-13-18)26(2,3)4/h5-16H,1-4H3,(H,28,30). The fourth-order valence-corrected chi connectivity index (χ4v) is 3.60. The van der Waals surface area contributed by atoms with E-state index < -0.39 is 0 Å². The molecular weight excluding hydrogens is 386 g/mol. The number of carbonyl (C=O) groups is 1. The highest BCUT2D eigenvalue weighted by Gasteiger charge is 2.15. The number of rotatable bonds is 3. The Balaban J connectivity index is 1.65. The van der Waals surface area contributed by atoms with Crippen molar-refractivity contribution < 1.29 is 4.79 Å². The predicted molar refractivity (Wildman–Crippen MR) is 125 cm³/mol. The lowest BCUT2D eigenvalue weighted by atomic mass is 9.87. The molecular formula is C26H25N3O2. The fourth-order valence-electron chi connectivity index (χ4n) is 3.60. The molecule has 3 aromatic carbocycles. The van der Waals surface area contributed by atoms with Gasteiger partial charge in [0.1, 0.15) is 5.82 Å². The van der Waals surface area contributed by atoms with Gasteiger partial charge in [0.05, 0.1) is 16.6 Å². The number of nitrogens with zero attached hydrogens (tertiary/aromatic N) is 2. The molecule has 0 aliphatic carbocycles. The maximum absolute atomic E-state index is 13.1. The highest BCUT2D eigenvalue weighted by molar-refractivity contribution is 6.04. The lowest BCUT2D eigenvalue weighted by Gasteiger charge is -2.19. The van der Waals surface area contributed by atoms with Crippen molar-refractivity contribution in [1.82, 2.24) is 9.55 Å². The van der Waals surface area contributed by atoms with Gasteiger partial charge in [-0.15, -0.1) is 0 Å². The van der Waals surface area contributed by atoms with Gasteiger partial charge in [-0.3, -0.25) is 14.2 Å². The molecule has 0 aliphatic heterocycles. The summed E-state index contributed by atoms with van der Waals surface area (Å²) in [7, 11) is 0. The third-order valence-corrected chi connectivity index (χ3v) is 5.32. The van der Waals surface area contributed by atoms with Crippen molar-refractivity contribution in [3.63, 3.8) is 0 Å². The lowest BCUT2D eigenvalue weighted by molar-refractivity contribution is 0.102. The van der Waals surface area contributed by atoms with Gasteiger partial charge in [0, 0.05) is 11.3 Å². The summed E-state index contributed by atoms with van der Waals surface area (Å²) in [5.41, 5.74) is 3.59. The summed E-state index contributed by atoms with van der Waals surface area (Å²) in [6.07, 6.45) is 0.